The lowest BCUT2D eigenvalue weighted by molar-refractivity contribution is -0.136. The van der Waals surface area contributed by atoms with Gasteiger partial charge in [0, 0.05) is 6.07 Å². The van der Waals surface area contributed by atoms with Crippen molar-refractivity contribution in [2.45, 2.75) is 12.8 Å². The molecule has 4 amide bonds. The van der Waals surface area contributed by atoms with Crippen molar-refractivity contribution in [1.82, 2.24) is 5.32 Å². The number of anilines is 1. The van der Waals surface area contributed by atoms with Crippen LogP contribution in [0.1, 0.15) is 12.8 Å². The Balaban J connectivity index is 2.12. The lowest BCUT2D eigenvalue weighted by atomic mass is 10.0. The molecule has 1 aliphatic heterocycles. The van der Waals surface area contributed by atoms with Crippen LogP contribution < -0.4 is 10.2 Å². The first kappa shape index (κ1) is 13.0. The maximum absolute atomic E-state index is 13.8. The summed E-state index contributed by atoms with van der Waals surface area (Å²) in [4.78, 5) is 36.1. The SMILES string of the molecule is O=C1NC(=O)C2(CC2)C(=O)N1c1c(F)cc(F)cc1Cl. The van der Waals surface area contributed by atoms with Crippen LogP contribution in [0.25, 0.3) is 0 Å². The molecule has 0 atom stereocenters. The van der Waals surface area contributed by atoms with Crippen molar-refractivity contribution in [3.05, 3.63) is 28.8 Å². The summed E-state index contributed by atoms with van der Waals surface area (Å²) in [6.45, 7) is 0. The van der Waals surface area contributed by atoms with Crippen LogP contribution in [0.5, 0.6) is 0 Å². The van der Waals surface area contributed by atoms with E-state index in [1.165, 1.54) is 0 Å². The number of nitrogens with one attached hydrogen (secondary N) is 1. The highest BCUT2D eigenvalue weighted by atomic mass is 35.5. The van der Waals surface area contributed by atoms with E-state index in [1.54, 1.807) is 0 Å². The van der Waals surface area contributed by atoms with Gasteiger partial charge in [-0.05, 0) is 18.9 Å². The maximum Gasteiger partial charge on any atom is 0.335 e. The van der Waals surface area contributed by atoms with Crippen molar-refractivity contribution in [2.24, 2.45) is 5.41 Å². The molecule has 0 aromatic heterocycles. The third-order valence-electron chi connectivity index (χ3n) is 3.43. The largest absolute Gasteiger partial charge is 0.335 e. The molecule has 5 nitrogen and oxygen atoms in total. The van der Waals surface area contributed by atoms with E-state index in [0.717, 1.165) is 6.07 Å². The molecule has 1 N–H and O–H groups in total. The van der Waals surface area contributed by atoms with Gasteiger partial charge < -0.3 is 0 Å². The molecule has 1 aliphatic carbocycles. The third-order valence-corrected chi connectivity index (χ3v) is 3.71. The predicted molar refractivity (Wildman–Crippen MR) is 64.1 cm³/mol. The Kier molecular flexibility index (Phi) is 2.59. The summed E-state index contributed by atoms with van der Waals surface area (Å²) < 4.78 is 26.8. The van der Waals surface area contributed by atoms with Gasteiger partial charge in [-0.15, -0.1) is 0 Å². The van der Waals surface area contributed by atoms with E-state index >= 15 is 0 Å². The van der Waals surface area contributed by atoms with Gasteiger partial charge in [0.1, 0.15) is 16.9 Å². The molecule has 1 saturated carbocycles. The highest BCUT2D eigenvalue weighted by Crippen LogP contribution is 2.50. The highest BCUT2D eigenvalue weighted by Gasteiger charge is 2.62. The molecule has 20 heavy (non-hydrogen) atoms. The van der Waals surface area contributed by atoms with Gasteiger partial charge >= 0.3 is 6.03 Å². The fourth-order valence-electron chi connectivity index (χ4n) is 2.19. The van der Waals surface area contributed by atoms with E-state index in [4.69, 9.17) is 11.6 Å². The van der Waals surface area contributed by atoms with Crippen molar-refractivity contribution in [1.29, 1.82) is 0 Å². The number of amides is 4. The highest BCUT2D eigenvalue weighted by molar-refractivity contribution is 6.37. The number of hydrogen-bond acceptors (Lipinski definition) is 3. The third kappa shape index (κ3) is 1.62. The Morgan fingerprint density at radius 1 is 1.20 bits per heavy atom. The first-order chi connectivity index (χ1) is 9.36. The lowest BCUT2D eigenvalue weighted by Gasteiger charge is -2.30. The minimum absolute atomic E-state index is 0.280. The van der Waals surface area contributed by atoms with Gasteiger partial charge in [0.15, 0.2) is 5.82 Å². The number of carbonyl (C=O) groups is 3. The summed E-state index contributed by atoms with van der Waals surface area (Å²) in [5.74, 6) is -3.61. The van der Waals surface area contributed by atoms with Crippen LogP contribution in [-0.4, -0.2) is 17.8 Å². The standard InChI is InChI=1S/C12H7ClF2N2O3/c13-6-3-5(14)4-7(15)8(6)17-10(19)12(1-2-12)9(18)16-11(17)20/h3-4H,1-2H2,(H,16,18,20). The second-order valence-corrected chi connectivity index (χ2v) is 5.11. The number of hydrogen-bond donors (Lipinski definition) is 1. The summed E-state index contributed by atoms with van der Waals surface area (Å²) >= 11 is 5.71. The van der Waals surface area contributed by atoms with Crippen LogP contribution in [0.2, 0.25) is 5.02 Å². The first-order valence-corrected chi connectivity index (χ1v) is 6.09. The van der Waals surface area contributed by atoms with Crippen LogP contribution >= 0.6 is 11.6 Å². The second-order valence-electron chi connectivity index (χ2n) is 4.70. The fourth-order valence-corrected chi connectivity index (χ4v) is 2.47. The van der Waals surface area contributed by atoms with Crippen molar-refractivity contribution in [3.63, 3.8) is 0 Å². The molecule has 3 rings (SSSR count). The van der Waals surface area contributed by atoms with Gasteiger partial charge in [-0.25, -0.2) is 18.5 Å². The number of imide groups is 2. The van der Waals surface area contributed by atoms with Crippen LogP contribution in [-0.2, 0) is 9.59 Å². The topological polar surface area (TPSA) is 66.5 Å². The smallest absolute Gasteiger partial charge is 0.276 e. The average Bonchev–Trinajstić information content (AvgIpc) is 3.12. The summed E-state index contributed by atoms with van der Waals surface area (Å²) in [5, 5.41) is 1.57. The molecule has 1 saturated heterocycles. The van der Waals surface area contributed by atoms with Crippen molar-refractivity contribution in [3.8, 4) is 0 Å². The Bertz CT molecular complexity index is 650. The zero-order valence-electron chi connectivity index (χ0n) is 9.87. The number of urea groups is 1. The molecule has 1 aromatic carbocycles. The zero-order valence-corrected chi connectivity index (χ0v) is 10.6. The van der Waals surface area contributed by atoms with E-state index in [1.807, 2.05) is 5.32 Å². The number of barbiturate groups is 1. The molecule has 0 bridgehead atoms. The van der Waals surface area contributed by atoms with Crippen LogP contribution in [0.4, 0.5) is 19.3 Å². The maximum atomic E-state index is 13.8. The fraction of sp³-hybridized carbons (Fsp3) is 0.250. The Hall–Kier alpha value is -2.02. The van der Waals surface area contributed by atoms with Crippen molar-refractivity contribution < 1.29 is 23.2 Å². The van der Waals surface area contributed by atoms with Crippen LogP contribution in [0, 0.1) is 17.0 Å². The lowest BCUT2D eigenvalue weighted by Crippen LogP contribution is -2.59. The number of halogens is 3. The summed E-state index contributed by atoms with van der Waals surface area (Å²) in [5.41, 5.74) is -1.87. The first-order valence-electron chi connectivity index (χ1n) is 5.71. The number of nitrogens with zero attached hydrogens (tertiary/aromatic N) is 1. The molecule has 1 heterocycles. The molecule has 1 spiro atoms. The van der Waals surface area contributed by atoms with Crippen LogP contribution in [0.3, 0.4) is 0 Å². The van der Waals surface area contributed by atoms with Crippen LogP contribution in [0.15, 0.2) is 12.1 Å². The quantitative estimate of drug-likeness (QED) is 0.807. The van der Waals surface area contributed by atoms with Crippen molar-refractivity contribution in [2.75, 3.05) is 4.90 Å². The molecule has 2 aliphatic rings. The van der Waals surface area contributed by atoms with Gasteiger partial charge in [-0.2, -0.15) is 0 Å². The van der Waals surface area contributed by atoms with E-state index in [0.29, 0.717) is 11.0 Å². The second kappa shape index (κ2) is 3.99. The molecule has 104 valence electrons. The molecule has 1 aromatic rings. The van der Waals surface area contributed by atoms with Gasteiger partial charge in [-0.3, -0.25) is 14.9 Å². The average molecular weight is 301 g/mol. The summed E-state index contributed by atoms with van der Waals surface area (Å²) in [6, 6.07) is 0.207. The normalized spacial score (nSPS) is 20.4. The Morgan fingerprint density at radius 3 is 2.40 bits per heavy atom. The van der Waals surface area contributed by atoms with Gasteiger partial charge in [0.2, 0.25) is 5.91 Å². The molecule has 0 unspecified atom stereocenters. The summed E-state index contributed by atoms with van der Waals surface area (Å²) in [7, 11) is 0. The zero-order chi connectivity index (χ0) is 14.7. The van der Waals surface area contributed by atoms with Gasteiger partial charge in [0.05, 0.1) is 5.02 Å². The Morgan fingerprint density at radius 2 is 1.85 bits per heavy atom. The predicted octanol–water partition coefficient (Wildman–Crippen LogP) is 1.98. The Labute approximate surface area is 116 Å². The molecule has 2 fully saturated rings. The minimum atomic E-state index is -1.32. The molecular weight excluding hydrogens is 294 g/mol. The van der Waals surface area contributed by atoms with Gasteiger partial charge in [-0.1, -0.05) is 11.6 Å². The molecule has 0 radical (unpaired) electrons. The number of carbonyl (C=O) groups excluding carboxylic acids is 3. The summed E-state index contributed by atoms with van der Waals surface area (Å²) in [6.07, 6.45) is 0.559. The molecular formula is C12H7ClF2N2O3. The molecule has 8 heteroatoms. The van der Waals surface area contributed by atoms with E-state index in [2.05, 4.69) is 0 Å². The monoisotopic (exact) mass is 300 g/mol. The number of rotatable bonds is 1. The van der Waals surface area contributed by atoms with Gasteiger partial charge in [0.25, 0.3) is 5.91 Å². The van der Waals surface area contributed by atoms with E-state index in [9.17, 15) is 23.2 Å². The van der Waals surface area contributed by atoms with E-state index < -0.39 is 45.6 Å². The van der Waals surface area contributed by atoms with E-state index in [-0.39, 0.29) is 12.8 Å². The minimum Gasteiger partial charge on any atom is -0.276 e. The number of benzene rings is 1. The van der Waals surface area contributed by atoms with Crippen molar-refractivity contribution >= 4 is 35.1 Å².